The second kappa shape index (κ2) is 4.96. The molecule has 0 N–H and O–H groups in total. The third-order valence-electron chi connectivity index (χ3n) is 2.80. The summed E-state index contributed by atoms with van der Waals surface area (Å²) in [6.45, 7) is 2.92. The summed E-state index contributed by atoms with van der Waals surface area (Å²) in [7, 11) is 1.38. The van der Waals surface area contributed by atoms with Gasteiger partial charge in [-0.2, -0.15) is 5.26 Å². The quantitative estimate of drug-likeness (QED) is 0.805. The van der Waals surface area contributed by atoms with Crippen LogP contribution in [0.2, 0.25) is 0 Å². The third kappa shape index (κ3) is 2.82. The van der Waals surface area contributed by atoms with Crippen LogP contribution in [0, 0.1) is 22.6 Å². The number of carbonyl (C=O) groups is 1. The standard InChI is InChI=1S/C13H14FNO2/c1-9(16)13(2,8-15)7-10-4-5-12(17-3)11(14)6-10/h4-6H,7H2,1-3H3. The van der Waals surface area contributed by atoms with Gasteiger partial charge in [-0.25, -0.2) is 4.39 Å². The molecule has 0 aromatic heterocycles. The maximum atomic E-state index is 13.4. The number of rotatable bonds is 4. The first-order valence-electron chi connectivity index (χ1n) is 5.17. The van der Waals surface area contributed by atoms with Crippen LogP contribution in [0.1, 0.15) is 19.4 Å². The maximum absolute atomic E-state index is 13.4. The highest BCUT2D eigenvalue weighted by Crippen LogP contribution is 2.25. The van der Waals surface area contributed by atoms with Crippen molar-refractivity contribution in [1.82, 2.24) is 0 Å². The molecule has 0 fully saturated rings. The van der Waals surface area contributed by atoms with Gasteiger partial charge in [0.1, 0.15) is 11.2 Å². The Morgan fingerprint density at radius 2 is 2.24 bits per heavy atom. The van der Waals surface area contributed by atoms with Gasteiger partial charge in [-0.05, 0) is 38.0 Å². The van der Waals surface area contributed by atoms with E-state index in [9.17, 15) is 9.18 Å². The number of hydrogen-bond donors (Lipinski definition) is 0. The minimum atomic E-state index is -1.11. The van der Waals surface area contributed by atoms with E-state index in [1.807, 2.05) is 6.07 Å². The van der Waals surface area contributed by atoms with Crippen LogP contribution in [0.4, 0.5) is 4.39 Å². The number of methoxy groups -OCH3 is 1. The third-order valence-corrected chi connectivity index (χ3v) is 2.80. The van der Waals surface area contributed by atoms with Crippen LogP contribution in [0.25, 0.3) is 0 Å². The summed E-state index contributed by atoms with van der Waals surface area (Å²) in [4.78, 5) is 11.4. The fraction of sp³-hybridized carbons (Fsp3) is 0.385. The van der Waals surface area contributed by atoms with Gasteiger partial charge in [-0.3, -0.25) is 4.79 Å². The zero-order chi connectivity index (χ0) is 13.1. The summed E-state index contributed by atoms with van der Waals surface area (Å²) >= 11 is 0. The van der Waals surface area contributed by atoms with Gasteiger partial charge in [0.25, 0.3) is 0 Å². The molecule has 0 spiro atoms. The Labute approximate surface area is 99.8 Å². The molecule has 1 aromatic rings. The first-order chi connectivity index (χ1) is 7.92. The maximum Gasteiger partial charge on any atom is 0.165 e. The topological polar surface area (TPSA) is 50.1 Å². The van der Waals surface area contributed by atoms with E-state index in [-0.39, 0.29) is 18.0 Å². The van der Waals surface area contributed by atoms with E-state index in [1.165, 1.54) is 26.2 Å². The number of ether oxygens (including phenoxy) is 1. The summed E-state index contributed by atoms with van der Waals surface area (Å²) < 4.78 is 18.2. The Bertz CT molecular complexity index is 479. The van der Waals surface area contributed by atoms with Crippen LogP contribution >= 0.6 is 0 Å². The molecule has 3 nitrogen and oxygen atoms in total. The molecule has 1 unspecified atom stereocenters. The lowest BCUT2D eigenvalue weighted by Crippen LogP contribution is -2.26. The number of benzene rings is 1. The Balaban J connectivity index is 3.01. The summed E-state index contributed by atoms with van der Waals surface area (Å²) in [6.07, 6.45) is 0.194. The lowest BCUT2D eigenvalue weighted by atomic mass is 9.82. The number of nitriles is 1. The van der Waals surface area contributed by atoms with Gasteiger partial charge in [-0.1, -0.05) is 6.07 Å². The Kier molecular flexibility index (Phi) is 3.84. The highest BCUT2D eigenvalue weighted by molar-refractivity contribution is 5.85. The fourth-order valence-electron chi connectivity index (χ4n) is 1.47. The van der Waals surface area contributed by atoms with Gasteiger partial charge in [-0.15, -0.1) is 0 Å². The van der Waals surface area contributed by atoms with Gasteiger partial charge in [0.15, 0.2) is 11.6 Å². The molecule has 1 rings (SSSR count). The van der Waals surface area contributed by atoms with Crippen LogP contribution in [0.5, 0.6) is 5.75 Å². The first-order valence-corrected chi connectivity index (χ1v) is 5.17. The highest BCUT2D eigenvalue weighted by Gasteiger charge is 2.30. The van der Waals surface area contributed by atoms with Crippen molar-refractivity contribution in [2.24, 2.45) is 5.41 Å². The number of nitrogens with zero attached hydrogens (tertiary/aromatic N) is 1. The predicted molar refractivity (Wildman–Crippen MR) is 61.1 cm³/mol. The number of halogens is 1. The van der Waals surface area contributed by atoms with Gasteiger partial charge in [0, 0.05) is 0 Å². The minimum Gasteiger partial charge on any atom is -0.494 e. The summed E-state index contributed by atoms with van der Waals surface area (Å²) in [5, 5.41) is 9.00. The van der Waals surface area contributed by atoms with Crippen LogP contribution in [-0.4, -0.2) is 12.9 Å². The van der Waals surface area contributed by atoms with Crippen LogP contribution in [0.15, 0.2) is 18.2 Å². The molecular weight excluding hydrogens is 221 g/mol. The Morgan fingerprint density at radius 3 is 2.65 bits per heavy atom. The van der Waals surface area contributed by atoms with Crippen molar-refractivity contribution in [1.29, 1.82) is 5.26 Å². The lowest BCUT2D eigenvalue weighted by molar-refractivity contribution is -0.123. The summed E-state index contributed by atoms with van der Waals surface area (Å²) in [5.74, 6) is -0.569. The number of ketones is 1. The zero-order valence-electron chi connectivity index (χ0n) is 10.1. The molecule has 0 saturated heterocycles. The van der Waals surface area contributed by atoms with Crippen molar-refractivity contribution in [2.75, 3.05) is 7.11 Å². The molecule has 17 heavy (non-hydrogen) atoms. The fourth-order valence-corrected chi connectivity index (χ4v) is 1.47. The predicted octanol–water partition coefficient (Wildman–Crippen LogP) is 2.50. The van der Waals surface area contributed by atoms with Crippen molar-refractivity contribution in [3.8, 4) is 11.8 Å². The smallest absolute Gasteiger partial charge is 0.165 e. The van der Waals surface area contributed by atoms with Crippen molar-refractivity contribution in [3.05, 3.63) is 29.6 Å². The molecule has 1 aromatic carbocycles. The molecule has 0 amide bonds. The minimum absolute atomic E-state index is 0.148. The highest BCUT2D eigenvalue weighted by atomic mass is 19.1. The van der Waals surface area contributed by atoms with Crippen molar-refractivity contribution in [3.63, 3.8) is 0 Å². The normalized spacial score (nSPS) is 13.6. The molecule has 0 saturated carbocycles. The number of carbonyl (C=O) groups excluding carboxylic acids is 1. The molecule has 0 radical (unpaired) electrons. The second-order valence-corrected chi connectivity index (χ2v) is 4.15. The van der Waals surface area contributed by atoms with Crippen LogP contribution in [-0.2, 0) is 11.2 Å². The second-order valence-electron chi connectivity index (χ2n) is 4.15. The zero-order valence-corrected chi connectivity index (χ0v) is 10.1. The van der Waals surface area contributed by atoms with Gasteiger partial charge in [0.2, 0.25) is 0 Å². The number of Topliss-reactive ketones (excluding diaryl/α,β-unsaturated/α-hetero) is 1. The van der Waals surface area contributed by atoms with E-state index in [0.717, 1.165) is 0 Å². The molecule has 0 aliphatic heterocycles. The Hall–Kier alpha value is -1.89. The van der Waals surface area contributed by atoms with E-state index in [0.29, 0.717) is 5.56 Å². The average Bonchev–Trinajstić information content (AvgIpc) is 2.29. The van der Waals surface area contributed by atoms with Crippen LogP contribution < -0.4 is 4.74 Å². The summed E-state index contributed by atoms with van der Waals surface area (Å²) in [6, 6.07) is 6.40. The molecule has 4 heteroatoms. The van der Waals surface area contributed by atoms with E-state index in [1.54, 1.807) is 13.0 Å². The Morgan fingerprint density at radius 1 is 1.59 bits per heavy atom. The van der Waals surface area contributed by atoms with Crippen molar-refractivity contribution in [2.45, 2.75) is 20.3 Å². The van der Waals surface area contributed by atoms with Gasteiger partial charge < -0.3 is 4.74 Å². The SMILES string of the molecule is COc1ccc(CC(C)(C#N)C(C)=O)cc1F. The van der Waals surface area contributed by atoms with Gasteiger partial charge in [0.05, 0.1) is 13.2 Å². The molecule has 0 bridgehead atoms. The average molecular weight is 235 g/mol. The molecule has 90 valence electrons. The molecule has 0 aliphatic carbocycles. The van der Waals surface area contributed by atoms with Crippen molar-refractivity contribution < 1.29 is 13.9 Å². The van der Waals surface area contributed by atoms with E-state index >= 15 is 0 Å². The van der Waals surface area contributed by atoms with E-state index in [2.05, 4.69) is 0 Å². The monoisotopic (exact) mass is 235 g/mol. The van der Waals surface area contributed by atoms with E-state index < -0.39 is 11.2 Å². The lowest BCUT2D eigenvalue weighted by Gasteiger charge is -2.18. The van der Waals surface area contributed by atoms with E-state index in [4.69, 9.17) is 10.00 Å². The molecule has 0 heterocycles. The largest absolute Gasteiger partial charge is 0.494 e. The summed E-state index contributed by atoms with van der Waals surface area (Å²) in [5.41, 5.74) is -0.511. The van der Waals surface area contributed by atoms with Crippen LogP contribution in [0.3, 0.4) is 0 Å². The number of hydrogen-bond acceptors (Lipinski definition) is 3. The molecule has 1 atom stereocenters. The molecular formula is C13H14FNO2. The molecule has 0 aliphatic rings. The van der Waals surface area contributed by atoms with Gasteiger partial charge >= 0.3 is 0 Å². The first kappa shape index (κ1) is 13.2. The van der Waals surface area contributed by atoms with Crippen molar-refractivity contribution >= 4 is 5.78 Å².